The topological polar surface area (TPSA) is 34.9 Å². The van der Waals surface area contributed by atoms with Gasteiger partial charge in [-0.05, 0) is 37.8 Å². The standard InChI is InChI=1S/C16H19ClN2O/c1-11(17)15-18-14-9-5-4-8-13(14)16(20)19(15)10-12-6-2-3-7-12/h4-5,8-9,11-12H,2-3,6-7,10H2,1H3. The van der Waals surface area contributed by atoms with E-state index in [2.05, 4.69) is 4.98 Å². The van der Waals surface area contributed by atoms with Gasteiger partial charge in [-0.15, -0.1) is 11.6 Å². The number of benzene rings is 1. The van der Waals surface area contributed by atoms with E-state index in [-0.39, 0.29) is 10.9 Å². The van der Waals surface area contributed by atoms with Crippen LogP contribution in [0.3, 0.4) is 0 Å². The van der Waals surface area contributed by atoms with Gasteiger partial charge in [0.2, 0.25) is 0 Å². The maximum absolute atomic E-state index is 12.7. The van der Waals surface area contributed by atoms with Crippen LogP contribution in [0.2, 0.25) is 0 Å². The first-order valence-corrected chi connectivity index (χ1v) is 7.74. The molecule has 0 bridgehead atoms. The number of aromatic nitrogens is 2. The number of rotatable bonds is 3. The lowest BCUT2D eigenvalue weighted by atomic mass is 10.1. The van der Waals surface area contributed by atoms with Crippen LogP contribution < -0.4 is 5.56 Å². The van der Waals surface area contributed by atoms with Gasteiger partial charge in [-0.3, -0.25) is 9.36 Å². The fourth-order valence-corrected chi connectivity index (χ4v) is 3.28. The summed E-state index contributed by atoms with van der Waals surface area (Å²) in [6, 6.07) is 7.51. The molecule has 1 unspecified atom stereocenters. The van der Waals surface area contributed by atoms with E-state index in [1.54, 1.807) is 4.57 Å². The van der Waals surface area contributed by atoms with Crippen molar-refractivity contribution in [2.45, 2.75) is 44.5 Å². The normalized spacial score (nSPS) is 17.7. The third-order valence-electron chi connectivity index (χ3n) is 4.16. The van der Waals surface area contributed by atoms with E-state index < -0.39 is 0 Å². The molecule has 1 atom stereocenters. The second-order valence-corrected chi connectivity index (χ2v) is 6.32. The number of para-hydroxylation sites is 1. The van der Waals surface area contributed by atoms with Crippen LogP contribution >= 0.6 is 11.6 Å². The lowest BCUT2D eigenvalue weighted by Gasteiger charge is -2.18. The maximum atomic E-state index is 12.7. The van der Waals surface area contributed by atoms with Crippen molar-refractivity contribution in [2.24, 2.45) is 5.92 Å². The van der Waals surface area contributed by atoms with Crippen molar-refractivity contribution in [3.63, 3.8) is 0 Å². The summed E-state index contributed by atoms with van der Waals surface area (Å²) in [5.41, 5.74) is 0.785. The predicted molar refractivity (Wildman–Crippen MR) is 82.2 cm³/mol. The SMILES string of the molecule is CC(Cl)c1nc2ccccc2c(=O)n1CC1CCCC1. The number of fused-ring (bicyclic) bond motifs is 1. The molecule has 1 fully saturated rings. The summed E-state index contributed by atoms with van der Waals surface area (Å²) < 4.78 is 1.80. The molecule has 0 saturated heterocycles. The first-order chi connectivity index (χ1) is 9.66. The van der Waals surface area contributed by atoms with Gasteiger partial charge in [0, 0.05) is 6.54 Å². The van der Waals surface area contributed by atoms with E-state index in [4.69, 9.17) is 11.6 Å². The zero-order valence-electron chi connectivity index (χ0n) is 11.7. The molecule has 1 aromatic carbocycles. The van der Waals surface area contributed by atoms with Crippen LogP contribution in [-0.2, 0) is 6.54 Å². The third-order valence-corrected chi connectivity index (χ3v) is 4.36. The van der Waals surface area contributed by atoms with Crippen molar-refractivity contribution in [3.8, 4) is 0 Å². The van der Waals surface area contributed by atoms with Gasteiger partial charge in [-0.1, -0.05) is 25.0 Å². The van der Waals surface area contributed by atoms with Gasteiger partial charge in [0.25, 0.3) is 5.56 Å². The van der Waals surface area contributed by atoms with E-state index in [1.165, 1.54) is 25.7 Å². The van der Waals surface area contributed by atoms with E-state index in [9.17, 15) is 4.79 Å². The van der Waals surface area contributed by atoms with Crippen LogP contribution in [0.1, 0.15) is 43.8 Å². The fraction of sp³-hybridized carbons (Fsp3) is 0.500. The fourth-order valence-electron chi connectivity index (χ4n) is 3.12. The predicted octanol–water partition coefficient (Wildman–Crippen LogP) is 3.89. The number of nitrogens with zero attached hydrogens (tertiary/aromatic N) is 2. The average molecular weight is 291 g/mol. The van der Waals surface area contributed by atoms with Gasteiger partial charge >= 0.3 is 0 Å². The minimum Gasteiger partial charge on any atom is -0.295 e. The summed E-state index contributed by atoms with van der Waals surface area (Å²) in [5, 5.41) is 0.431. The molecule has 106 valence electrons. The maximum Gasteiger partial charge on any atom is 0.261 e. The van der Waals surface area contributed by atoms with Gasteiger partial charge < -0.3 is 0 Å². The lowest BCUT2D eigenvalue weighted by molar-refractivity contribution is 0.435. The van der Waals surface area contributed by atoms with Crippen LogP contribution in [-0.4, -0.2) is 9.55 Å². The van der Waals surface area contributed by atoms with Crippen molar-refractivity contribution in [1.82, 2.24) is 9.55 Å². The highest BCUT2D eigenvalue weighted by molar-refractivity contribution is 6.20. The molecule has 1 heterocycles. The number of hydrogen-bond donors (Lipinski definition) is 0. The average Bonchev–Trinajstić information content (AvgIpc) is 2.94. The first kappa shape index (κ1) is 13.6. The Labute approximate surface area is 123 Å². The molecule has 4 heteroatoms. The van der Waals surface area contributed by atoms with Crippen molar-refractivity contribution in [3.05, 3.63) is 40.4 Å². The molecule has 1 aliphatic carbocycles. The Kier molecular flexibility index (Phi) is 3.79. The largest absolute Gasteiger partial charge is 0.295 e. The summed E-state index contributed by atoms with van der Waals surface area (Å²) in [7, 11) is 0. The van der Waals surface area contributed by atoms with Crippen molar-refractivity contribution >= 4 is 22.5 Å². The quantitative estimate of drug-likeness (QED) is 0.804. The summed E-state index contributed by atoms with van der Waals surface area (Å²) in [6.45, 7) is 2.63. The van der Waals surface area contributed by atoms with E-state index in [1.807, 2.05) is 31.2 Å². The lowest BCUT2D eigenvalue weighted by Crippen LogP contribution is -2.28. The van der Waals surface area contributed by atoms with Gasteiger partial charge in [0.05, 0.1) is 16.3 Å². The van der Waals surface area contributed by atoms with Crippen LogP contribution in [0.4, 0.5) is 0 Å². The molecule has 2 aromatic rings. The summed E-state index contributed by atoms with van der Waals surface area (Å²) in [4.78, 5) is 17.3. The van der Waals surface area contributed by atoms with Crippen LogP contribution in [0.5, 0.6) is 0 Å². The molecule has 0 radical (unpaired) electrons. The van der Waals surface area contributed by atoms with Crippen LogP contribution in [0.15, 0.2) is 29.1 Å². The molecule has 1 saturated carbocycles. The molecule has 0 spiro atoms. The Morgan fingerprint density at radius 3 is 2.75 bits per heavy atom. The molecular weight excluding hydrogens is 272 g/mol. The summed E-state index contributed by atoms with van der Waals surface area (Å²) in [6.07, 6.45) is 4.95. The summed E-state index contributed by atoms with van der Waals surface area (Å²) in [5.74, 6) is 1.28. The molecule has 1 aromatic heterocycles. The molecular formula is C16H19ClN2O. The Balaban J connectivity index is 2.13. The Bertz CT molecular complexity index is 672. The molecule has 3 rings (SSSR count). The second kappa shape index (κ2) is 5.57. The minimum atomic E-state index is -0.256. The molecule has 0 aliphatic heterocycles. The van der Waals surface area contributed by atoms with Gasteiger partial charge in [-0.2, -0.15) is 0 Å². The highest BCUT2D eigenvalue weighted by Crippen LogP contribution is 2.27. The number of hydrogen-bond acceptors (Lipinski definition) is 2. The van der Waals surface area contributed by atoms with E-state index in [0.29, 0.717) is 17.1 Å². The molecule has 0 N–H and O–H groups in total. The van der Waals surface area contributed by atoms with Gasteiger partial charge in [0.1, 0.15) is 5.82 Å². The smallest absolute Gasteiger partial charge is 0.261 e. The highest BCUT2D eigenvalue weighted by atomic mass is 35.5. The van der Waals surface area contributed by atoms with E-state index in [0.717, 1.165) is 12.1 Å². The van der Waals surface area contributed by atoms with E-state index >= 15 is 0 Å². The van der Waals surface area contributed by atoms with Crippen molar-refractivity contribution in [2.75, 3.05) is 0 Å². The Morgan fingerprint density at radius 1 is 1.35 bits per heavy atom. The number of halogens is 1. The molecule has 1 aliphatic rings. The van der Waals surface area contributed by atoms with Gasteiger partial charge in [0.15, 0.2) is 0 Å². The highest BCUT2D eigenvalue weighted by Gasteiger charge is 2.20. The monoisotopic (exact) mass is 290 g/mol. The second-order valence-electron chi connectivity index (χ2n) is 5.67. The molecule has 0 amide bonds. The minimum absolute atomic E-state index is 0.0463. The Morgan fingerprint density at radius 2 is 2.05 bits per heavy atom. The van der Waals surface area contributed by atoms with Crippen LogP contribution in [0.25, 0.3) is 10.9 Å². The molecule has 20 heavy (non-hydrogen) atoms. The first-order valence-electron chi connectivity index (χ1n) is 7.30. The Hall–Kier alpha value is -1.35. The number of alkyl halides is 1. The van der Waals surface area contributed by atoms with Crippen molar-refractivity contribution in [1.29, 1.82) is 0 Å². The summed E-state index contributed by atoms with van der Waals surface area (Å²) >= 11 is 6.24. The van der Waals surface area contributed by atoms with Crippen LogP contribution in [0, 0.1) is 5.92 Å². The van der Waals surface area contributed by atoms with Gasteiger partial charge in [-0.25, -0.2) is 4.98 Å². The molecule has 3 nitrogen and oxygen atoms in total. The zero-order chi connectivity index (χ0) is 14.1. The van der Waals surface area contributed by atoms with Crippen molar-refractivity contribution < 1.29 is 0 Å². The zero-order valence-corrected chi connectivity index (χ0v) is 12.4. The third kappa shape index (κ3) is 2.47.